The van der Waals surface area contributed by atoms with Crippen molar-refractivity contribution in [3.05, 3.63) is 29.8 Å². The van der Waals surface area contributed by atoms with Crippen molar-refractivity contribution in [2.24, 2.45) is 0 Å². The average Bonchev–Trinajstić information content (AvgIpc) is 2.45. The highest BCUT2D eigenvalue weighted by atomic mass is 32.2. The molecule has 0 N–H and O–H groups in total. The summed E-state index contributed by atoms with van der Waals surface area (Å²) in [4.78, 5) is 14.0. The molecule has 0 aliphatic carbocycles. The van der Waals surface area contributed by atoms with Crippen LogP contribution in [0.25, 0.3) is 0 Å². The van der Waals surface area contributed by atoms with Gasteiger partial charge in [0.2, 0.25) is 10.0 Å². The molecular weight excluding hydrogens is 304 g/mol. The molecule has 1 fully saturated rings. The molecule has 6 nitrogen and oxygen atoms in total. The van der Waals surface area contributed by atoms with E-state index < -0.39 is 16.1 Å². The average molecular weight is 326 g/mol. The van der Waals surface area contributed by atoms with Crippen LogP contribution in [-0.2, 0) is 14.8 Å². The number of ether oxygens (including phenoxy) is 1. The van der Waals surface area contributed by atoms with Gasteiger partial charge in [0.25, 0.3) is 5.91 Å². The van der Waals surface area contributed by atoms with E-state index in [1.54, 1.807) is 11.8 Å². The van der Waals surface area contributed by atoms with Crippen molar-refractivity contribution < 1.29 is 17.9 Å². The molecule has 0 spiro atoms. The van der Waals surface area contributed by atoms with Gasteiger partial charge in [0.05, 0.1) is 6.26 Å². The SMILES string of the molecule is Cc1cccc(OC(C)C(=O)N2CCN(S(C)(=O)=O)CC2)c1. The molecule has 1 unspecified atom stereocenters. The summed E-state index contributed by atoms with van der Waals surface area (Å²) in [5, 5.41) is 0. The van der Waals surface area contributed by atoms with Crippen molar-refractivity contribution in [1.82, 2.24) is 9.21 Å². The summed E-state index contributed by atoms with van der Waals surface area (Å²) in [5.74, 6) is 0.547. The molecule has 0 aromatic heterocycles. The predicted octanol–water partition coefficient (Wildman–Crippen LogP) is 0.866. The van der Waals surface area contributed by atoms with Crippen molar-refractivity contribution in [2.45, 2.75) is 20.0 Å². The van der Waals surface area contributed by atoms with Crippen LogP contribution in [0.5, 0.6) is 5.75 Å². The van der Waals surface area contributed by atoms with Crippen molar-refractivity contribution in [3.63, 3.8) is 0 Å². The summed E-state index contributed by atoms with van der Waals surface area (Å²) in [5.41, 5.74) is 1.07. The third kappa shape index (κ3) is 4.20. The highest BCUT2D eigenvalue weighted by molar-refractivity contribution is 7.88. The second-order valence-corrected chi connectivity index (χ2v) is 7.55. The standard InChI is InChI=1S/C15H22N2O4S/c1-12-5-4-6-14(11-12)21-13(2)15(18)16-7-9-17(10-8-16)22(3,19)20/h4-6,11,13H,7-10H2,1-3H3. The maximum absolute atomic E-state index is 12.4. The zero-order valence-electron chi connectivity index (χ0n) is 13.2. The van der Waals surface area contributed by atoms with Gasteiger partial charge in [-0.15, -0.1) is 0 Å². The maximum atomic E-state index is 12.4. The van der Waals surface area contributed by atoms with Gasteiger partial charge in [0.1, 0.15) is 5.75 Å². The quantitative estimate of drug-likeness (QED) is 0.823. The van der Waals surface area contributed by atoms with E-state index in [1.807, 2.05) is 31.2 Å². The third-order valence-corrected chi connectivity index (χ3v) is 4.97. The highest BCUT2D eigenvalue weighted by Crippen LogP contribution is 2.16. The van der Waals surface area contributed by atoms with E-state index in [0.717, 1.165) is 5.56 Å². The largest absolute Gasteiger partial charge is 0.481 e. The van der Waals surface area contributed by atoms with Gasteiger partial charge in [-0.05, 0) is 31.5 Å². The first-order valence-electron chi connectivity index (χ1n) is 7.24. The van der Waals surface area contributed by atoms with E-state index in [0.29, 0.717) is 31.9 Å². The van der Waals surface area contributed by atoms with Crippen molar-refractivity contribution in [2.75, 3.05) is 32.4 Å². The van der Waals surface area contributed by atoms with Gasteiger partial charge in [-0.1, -0.05) is 12.1 Å². The predicted molar refractivity (Wildman–Crippen MR) is 84.3 cm³/mol. The Morgan fingerprint density at radius 3 is 2.41 bits per heavy atom. The van der Waals surface area contributed by atoms with Crippen LogP contribution in [0.4, 0.5) is 0 Å². The number of piperazine rings is 1. The summed E-state index contributed by atoms with van der Waals surface area (Å²) in [6.45, 7) is 5.14. The first kappa shape index (κ1) is 16.8. The van der Waals surface area contributed by atoms with E-state index in [9.17, 15) is 13.2 Å². The van der Waals surface area contributed by atoms with Crippen LogP contribution < -0.4 is 4.74 Å². The van der Waals surface area contributed by atoms with E-state index in [2.05, 4.69) is 0 Å². The minimum Gasteiger partial charge on any atom is -0.481 e. The van der Waals surface area contributed by atoms with Gasteiger partial charge in [0, 0.05) is 26.2 Å². The van der Waals surface area contributed by atoms with Crippen LogP contribution in [0.2, 0.25) is 0 Å². The Balaban J connectivity index is 1.92. The second-order valence-electron chi connectivity index (χ2n) is 5.56. The fourth-order valence-electron chi connectivity index (χ4n) is 2.44. The van der Waals surface area contributed by atoms with Crippen LogP contribution in [-0.4, -0.2) is 62.1 Å². The third-order valence-electron chi connectivity index (χ3n) is 3.67. The molecular formula is C15H22N2O4S. The lowest BCUT2D eigenvalue weighted by Gasteiger charge is -2.34. The van der Waals surface area contributed by atoms with Crippen LogP contribution in [0.1, 0.15) is 12.5 Å². The normalized spacial score (nSPS) is 18.0. The number of rotatable bonds is 4. The van der Waals surface area contributed by atoms with Gasteiger partial charge >= 0.3 is 0 Å². The number of aryl methyl sites for hydroxylation is 1. The Labute approximate surface area is 131 Å². The number of carbonyl (C=O) groups is 1. The Morgan fingerprint density at radius 2 is 1.86 bits per heavy atom. The minimum atomic E-state index is -3.18. The smallest absolute Gasteiger partial charge is 0.263 e. The minimum absolute atomic E-state index is 0.116. The number of benzene rings is 1. The molecule has 2 rings (SSSR count). The molecule has 1 amide bonds. The van der Waals surface area contributed by atoms with Crippen molar-refractivity contribution in [1.29, 1.82) is 0 Å². The van der Waals surface area contributed by atoms with E-state index >= 15 is 0 Å². The first-order chi connectivity index (χ1) is 10.3. The van der Waals surface area contributed by atoms with Crippen LogP contribution in [0.15, 0.2) is 24.3 Å². The zero-order chi connectivity index (χ0) is 16.3. The number of nitrogens with zero attached hydrogens (tertiary/aromatic N) is 2. The summed E-state index contributed by atoms with van der Waals surface area (Å²) in [6, 6.07) is 7.54. The van der Waals surface area contributed by atoms with Gasteiger partial charge in [-0.3, -0.25) is 4.79 Å². The monoisotopic (exact) mass is 326 g/mol. The van der Waals surface area contributed by atoms with Gasteiger partial charge < -0.3 is 9.64 Å². The molecule has 1 atom stereocenters. The molecule has 1 aliphatic rings. The molecule has 22 heavy (non-hydrogen) atoms. The van der Waals surface area contributed by atoms with E-state index in [1.165, 1.54) is 10.6 Å². The fourth-order valence-corrected chi connectivity index (χ4v) is 3.27. The number of hydrogen-bond acceptors (Lipinski definition) is 4. The molecule has 1 saturated heterocycles. The van der Waals surface area contributed by atoms with Crippen LogP contribution in [0, 0.1) is 6.92 Å². The van der Waals surface area contributed by atoms with Crippen LogP contribution >= 0.6 is 0 Å². The van der Waals surface area contributed by atoms with Crippen molar-refractivity contribution in [3.8, 4) is 5.75 Å². The Hall–Kier alpha value is -1.60. The molecule has 1 aliphatic heterocycles. The summed E-state index contributed by atoms with van der Waals surface area (Å²) in [6.07, 6.45) is 0.597. The van der Waals surface area contributed by atoms with Gasteiger partial charge in [0.15, 0.2) is 6.10 Å². The van der Waals surface area contributed by atoms with Crippen LogP contribution in [0.3, 0.4) is 0 Å². The summed E-state index contributed by atoms with van der Waals surface area (Å²) >= 11 is 0. The molecule has 1 aromatic rings. The lowest BCUT2D eigenvalue weighted by Crippen LogP contribution is -2.53. The highest BCUT2D eigenvalue weighted by Gasteiger charge is 2.29. The van der Waals surface area contributed by atoms with Gasteiger partial charge in [-0.2, -0.15) is 4.31 Å². The van der Waals surface area contributed by atoms with Crippen molar-refractivity contribution >= 4 is 15.9 Å². The fraction of sp³-hybridized carbons (Fsp3) is 0.533. The van der Waals surface area contributed by atoms with Gasteiger partial charge in [-0.25, -0.2) is 8.42 Å². The molecule has 0 radical (unpaired) electrons. The van der Waals surface area contributed by atoms with E-state index in [4.69, 9.17) is 4.74 Å². The number of amides is 1. The first-order valence-corrected chi connectivity index (χ1v) is 9.09. The zero-order valence-corrected chi connectivity index (χ0v) is 14.0. The number of carbonyl (C=O) groups excluding carboxylic acids is 1. The lowest BCUT2D eigenvalue weighted by molar-refractivity contribution is -0.139. The Bertz CT molecular complexity index is 637. The molecule has 0 bridgehead atoms. The Kier molecular flexibility index (Phi) is 5.08. The second kappa shape index (κ2) is 6.66. The molecule has 0 saturated carbocycles. The molecule has 1 aromatic carbocycles. The summed E-state index contributed by atoms with van der Waals surface area (Å²) < 4.78 is 30.0. The lowest BCUT2D eigenvalue weighted by atomic mass is 10.2. The maximum Gasteiger partial charge on any atom is 0.263 e. The Morgan fingerprint density at radius 1 is 1.23 bits per heavy atom. The molecule has 1 heterocycles. The summed E-state index contributed by atoms with van der Waals surface area (Å²) in [7, 11) is -3.18. The topological polar surface area (TPSA) is 66.9 Å². The van der Waals surface area contributed by atoms with E-state index in [-0.39, 0.29) is 5.91 Å². The number of hydrogen-bond donors (Lipinski definition) is 0. The molecule has 7 heteroatoms. The molecule has 122 valence electrons. The number of sulfonamides is 1.